The molecule has 70 valence electrons. The third-order valence-electron chi connectivity index (χ3n) is 1.94. The zero-order valence-electron chi connectivity index (χ0n) is 7.33. The molecule has 0 spiro atoms. The largest absolute Gasteiger partial charge is 0.361 e. The van der Waals surface area contributed by atoms with Crippen LogP contribution >= 0.6 is 23.8 Å². The number of benzene rings is 1. The van der Waals surface area contributed by atoms with Crippen LogP contribution in [-0.4, -0.2) is 4.98 Å². The number of aromatic amines is 1. The number of aromatic nitrogens is 1. The number of hydrogen-bond donors (Lipinski definition) is 1. The molecule has 0 atom stereocenters. The van der Waals surface area contributed by atoms with Crippen LogP contribution in [0.3, 0.4) is 0 Å². The first-order valence-electron chi connectivity index (χ1n) is 4.21. The minimum absolute atomic E-state index is 0.726. The molecule has 0 aliphatic carbocycles. The molecule has 0 aliphatic rings. The predicted molar refractivity (Wildman–Crippen MR) is 62.1 cm³/mol. The van der Waals surface area contributed by atoms with Crippen molar-refractivity contribution in [3.63, 3.8) is 0 Å². The Balaban J connectivity index is 2.61. The van der Waals surface area contributed by atoms with E-state index in [1.54, 1.807) is 0 Å². The summed E-state index contributed by atoms with van der Waals surface area (Å²) in [6.45, 7) is 0. The van der Waals surface area contributed by atoms with Gasteiger partial charge in [-0.15, -0.1) is 0 Å². The fraction of sp³-hybridized carbons (Fsp3) is 0. The number of H-pyrrole nitrogens is 1. The van der Waals surface area contributed by atoms with Gasteiger partial charge in [-0.25, -0.2) is 0 Å². The first kappa shape index (κ1) is 9.44. The molecule has 0 saturated heterocycles. The average Bonchev–Trinajstić information content (AvgIpc) is 2.18. The van der Waals surface area contributed by atoms with E-state index in [9.17, 15) is 0 Å². The molecular weight excluding hydrogens is 214 g/mol. The molecule has 0 unspecified atom stereocenters. The molecule has 0 bridgehead atoms. The van der Waals surface area contributed by atoms with Crippen molar-refractivity contribution in [3.8, 4) is 11.3 Å². The van der Waals surface area contributed by atoms with Crippen LogP contribution in [0.25, 0.3) is 11.3 Å². The van der Waals surface area contributed by atoms with Crippen molar-refractivity contribution in [3.05, 3.63) is 52.1 Å². The fourth-order valence-corrected chi connectivity index (χ4v) is 1.70. The van der Waals surface area contributed by atoms with Gasteiger partial charge >= 0.3 is 0 Å². The Morgan fingerprint density at radius 1 is 1.14 bits per heavy atom. The van der Waals surface area contributed by atoms with Gasteiger partial charge in [-0.3, -0.25) is 0 Å². The maximum atomic E-state index is 6.06. The normalized spacial score (nSPS) is 10.1. The molecular formula is C11H8ClNS. The summed E-state index contributed by atoms with van der Waals surface area (Å²) in [5.74, 6) is 0. The number of pyridine rings is 1. The summed E-state index contributed by atoms with van der Waals surface area (Å²) in [4.78, 5) is 3.12. The number of hydrogen-bond acceptors (Lipinski definition) is 1. The van der Waals surface area contributed by atoms with Gasteiger partial charge in [-0.1, -0.05) is 42.0 Å². The van der Waals surface area contributed by atoms with Gasteiger partial charge in [0.25, 0.3) is 0 Å². The van der Waals surface area contributed by atoms with Gasteiger partial charge in [-0.05, 0) is 18.2 Å². The zero-order valence-corrected chi connectivity index (χ0v) is 8.90. The van der Waals surface area contributed by atoms with E-state index in [0.29, 0.717) is 0 Å². The van der Waals surface area contributed by atoms with Gasteiger partial charge < -0.3 is 4.98 Å². The van der Waals surface area contributed by atoms with E-state index in [4.69, 9.17) is 23.8 Å². The maximum Gasteiger partial charge on any atom is 0.0499 e. The monoisotopic (exact) mass is 221 g/mol. The van der Waals surface area contributed by atoms with Gasteiger partial charge in [0, 0.05) is 27.0 Å². The van der Waals surface area contributed by atoms with Crippen LogP contribution in [0.2, 0.25) is 5.02 Å². The van der Waals surface area contributed by atoms with Crippen molar-refractivity contribution >= 4 is 23.8 Å². The standard InChI is InChI=1S/C11H8ClNS/c12-10-4-2-1-3-9(10)11-7-8(14)5-6-13-11/h1-7H,(H,13,14). The third kappa shape index (κ3) is 1.86. The molecule has 1 N–H and O–H groups in total. The first-order chi connectivity index (χ1) is 6.77. The highest BCUT2D eigenvalue weighted by atomic mass is 35.5. The summed E-state index contributed by atoms with van der Waals surface area (Å²) >= 11 is 11.1. The molecule has 2 rings (SSSR count). The second-order valence-electron chi connectivity index (χ2n) is 2.92. The highest BCUT2D eigenvalue weighted by Gasteiger charge is 2.01. The van der Waals surface area contributed by atoms with Gasteiger partial charge in [0.1, 0.15) is 0 Å². The third-order valence-corrected chi connectivity index (χ3v) is 2.52. The maximum absolute atomic E-state index is 6.06. The minimum atomic E-state index is 0.726. The van der Waals surface area contributed by atoms with Crippen LogP contribution in [0.15, 0.2) is 42.6 Å². The highest BCUT2D eigenvalue weighted by Crippen LogP contribution is 2.25. The Morgan fingerprint density at radius 3 is 2.64 bits per heavy atom. The lowest BCUT2D eigenvalue weighted by atomic mass is 10.1. The molecule has 3 heteroatoms. The van der Waals surface area contributed by atoms with Crippen LogP contribution < -0.4 is 0 Å². The smallest absolute Gasteiger partial charge is 0.0499 e. The summed E-state index contributed by atoms with van der Waals surface area (Å²) in [7, 11) is 0. The van der Waals surface area contributed by atoms with Crippen molar-refractivity contribution in [1.29, 1.82) is 0 Å². The fourth-order valence-electron chi connectivity index (χ4n) is 1.28. The number of halogens is 1. The zero-order chi connectivity index (χ0) is 9.97. The lowest BCUT2D eigenvalue weighted by molar-refractivity contribution is 1.32. The molecule has 0 fully saturated rings. The summed E-state index contributed by atoms with van der Waals surface area (Å²) in [5, 5.41) is 0.726. The summed E-state index contributed by atoms with van der Waals surface area (Å²) in [5.41, 5.74) is 1.92. The summed E-state index contributed by atoms with van der Waals surface area (Å²) in [6.07, 6.45) is 1.82. The average molecular weight is 222 g/mol. The quantitative estimate of drug-likeness (QED) is 0.718. The van der Waals surface area contributed by atoms with E-state index in [1.807, 2.05) is 42.6 Å². The van der Waals surface area contributed by atoms with Crippen molar-refractivity contribution in [2.75, 3.05) is 0 Å². The van der Waals surface area contributed by atoms with Crippen molar-refractivity contribution < 1.29 is 0 Å². The van der Waals surface area contributed by atoms with Crippen molar-refractivity contribution in [1.82, 2.24) is 4.98 Å². The Morgan fingerprint density at radius 2 is 1.93 bits per heavy atom. The second kappa shape index (κ2) is 3.95. The van der Waals surface area contributed by atoms with Gasteiger partial charge in [0.2, 0.25) is 0 Å². The molecule has 14 heavy (non-hydrogen) atoms. The van der Waals surface area contributed by atoms with E-state index in [0.717, 1.165) is 20.8 Å². The first-order valence-corrected chi connectivity index (χ1v) is 4.99. The SMILES string of the molecule is S=c1cc[nH]c(-c2ccccc2Cl)c1. The molecule has 1 aromatic heterocycles. The minimum Gasteiger partial charge on any atom is -0.361 e. The Hall–Kier alpha value is -1.12. The Kier molecular flexibility index (Phi) is 2.66. The Labute approximate surface area is 92.4 Å². The summed E-state index contributed by atoms with van der Waals surface area (Å²) < 4.78 is 0.804. The molecule has 0 radical (unpaired) electrons. The van der Waals surface area contributed by atoms with Gasteiger partial charge in [0.15, 0.2) is 0 Å². The van der Waals surface area contributed by atoms with Crippen molar-refractivity contribution in [2.24, 2.45) is 0 Å². The molecule has 0 amide bonds. The molecule has 1 nitrogen and oxygen atoms in total. The van der Waals surface area contributed by atoms with Crippen LogP contribution in [0.4, 0.5) is 0 Å². The van der Waals surface area contributed by atoms with Crippen LogP contribution in [0.1, 0.15) is 0 Å². The predicted octanol–water partition coefficient (Wildman–Crippen LogP) is 4.06. The number of nitrogens with one attached hydrogen (secondary N) is 1. The van der Waals surface area contributed by atoms with Crippen molar-refractivity contribution in [2.45, 2.75) is 0 Å². The topological polar surface area (TPSA) is 15.8 Å². The van der Waals surface area contributed by atoms with E-state index >= 15 is 0 Å². The molecule has 0 saturated carbocycles. The van der Waals surface area contributed by atoms with E-state index in [2.05, 4.69) is 4.98 Å². The highest BCUT2D eigenvalue weighted by molar-refractivity contribution is 7.71. The van der Waals surface area contributed by atoms with Crippen LogP contribution in [0.5, 0.6) is 0 Å². The lowest BCUT2D eigenvalue weighted by Gasteiger charge is -2.03. The van der Waals surface area contributed by atoms with E-state index in [1.165, 1.54) is 0 Å². The Bertz CT molecular complexity index is 504. The van der Waals surface area contributed by atoms with Gasteiger partial charge in [-0.2, -0.15) is 0 Å². The van der Waals surface area contributed by atoms with Crippen LogP contribution in [0, 0.1) is 4.51 Å². The van der Waals surface area contributed by atoms with E-state index < -0.39 is 0 Å². The summed E-state index contributed by atoms with van der Waals surface area (Å²) in [6, 6.07) is 11.4. The van der Waals surface area contributed by atoms with Gasteiger partial charge in [0.05, 0.1) is 0 Å². The van der Waals surface area contributed by atoms with Crippen LogP contribution in [-0.2, 0) is 0 Å². The van der Waals surface area contributed by atoms with E-state index in [-0.39, 0.29) is 0 Å². The molecule has 0 aliphatic heterocycles. The molecule has 1 aromatic carbocycles. The molecule has 1 heterocycles. The lowest BCUT2D eigenvalue weighted by Crippen LogP contribution is -1.82. The number of rotatable bonds is 1. The second-order valence-corrected chi connectivity index (χ2v) is 3.80. The molecule has 2 aromatic rings.